The Kier molecular flexibility index (Phi) is 9.45. The second kappa shape index (κ2) is 12.0. The van der Waals surface area contributed by atoms with Gasteiger partial charge in [0, 0.05) is 33.6 Å². The molecule has 1 aromatic carbocycles. The fourth-order valence-corrected chi connectivity index (χ4v) is 3.29. The molecule has 1 aliphatic heterocycles. The summed E-state index contributed by atoms with van der Waals surface area (Å²) >= 11 is 0. The van der Waals surface area contributed by atoms with E-state index in [9.17, 15) is 19.2 Å². The first-order valence-electron chi connectivity index (χ1n) is 10.1. The lowest BCUT2D eigenvalue weighted by atomic mass is 9.95. The predicted octanol–water partition coefficient (Wildman–Crippen LogP) is 2.09. The summed E-state index contributed by atoms with van der Waals surface area (Å²) in [6.07, 6.45) is -2.43. The van der Waals surface area contributed by atoms with Gasteiger partial charge in [-0.2, -0.15) is 0 Å². The van der Waals surface area contributed by atoms with Crippen molar-refractivity contribution in [1.82, 2.24) is 0 Å². The Hall–Kier alpha value is -2.94. The van der Waals surface area contributed by atoms with Gasteiger partial charge in [-0.3, -0.25) is 19.2 Å². The van der Waals surface area contributed by atoms with Crippen LogP contribution in [-0.2, 0) is 49.5 Å². The van der Waals surface area contributed by atoms with Crippen LogP contribution in [0.2, 0.25) is 0 Å². The van der Waals surface area contributed by atoms with Gasteiger partial charge in [0.25, 0.3) is 0 Å². The molecule has 31 heavy (non-hydrogen) atoms. The van der Waals surface area contributed by atoms with Crippen LogP contribution in [0, 0.1) is 0 Å². The molecular weight excluding hydrogens is 408 g/mol. The van der Waals surface area contributed by atoms with E-state index >= 15 is 0 Å². The molecule has 0 unspecified atom stereocenters. The smallest absolute Gasteiger partial charge is 0.306 e. The van der Waals surface area contributed by atoms with Crippen molar-refractivity contribution >= 4 is 23.9 Å². The van der Waals surface area contributed by atoms with E-state index in [1.807, 2.05) is 30.3 Å². The molecule has 170 valence electrons. The largest absolute Gasteiger partial charge is 0.463 e. The Labute approximate surface area is 180 Å². The van der Waals surface area contributed by atoms with Crippen LogP contribution in [-0.4, -0.2) is 54.9 Å². The van der Waals surface area contributed by atoms with Gasteiger partial charge in [-0.15, -0.1) is 0 Å². The molecule has 0 bridgehead atoms. The van der Waals surface area contributed by atoms with E-state index in [1.54, 1.807) is 0 Å². The Bertz CT molecular complexity index is 762. The van der Waals surface area contributed by atoms with Crippen molar-refractivity contribution < 1.29 is 42.9 Å². The molecule has 0 spiro atoms. The van der Waals surface area contributed by atoms with E-state index in [0.717, 1.165) is 5.56 Å². The standard InChI is InChI=1S/C22H28O9/c1-14(23)27-13-20-22(30-16(3)25)19(29-15(2)24)11-18(31-20)9-10-21(26)28-12-17-7-5-4-6-8-17/h4-8,18-20,22H,9-13H2,1-3H3/t18-,19-,20-,22+/m1/s1. The maximum absolute atomic E-state index is 12.1. The summed E-state index contributed by atoms with van der Waals surface area (Å²) in [5.74, 6) is -2.05. The molecule has 9 heteroatoms. The highest BCUT2D eigenvalue weighted by Crippen LogP contribution is 2.28. The lowest BCUT2D eigenvalue weighted by Gasteiger charge is -2.40. The van der Waals surface area contributed by atoms with Crippen LogP contribution in [0.1, 0.15) is 45.6 Å². The predicted molar refractivity (Wildman–Crippen MR) is 106 cm³/mol. The fourth-order valence-electron chi connectivity index (χ4n) is 3.29. The van der Waals surface area contributed by atoms with Crippen LogP contribution in [0.15, 0.2) is 30.3 Å². The van der Waals surface area contributed by atoms with E-state index in [4.69, 9.17) is 23.7 Å². The minimum absolute atomic E-state index is 0.0861. The van der Waals surface area contributed by atoms with Crippen LogP contribution >= 0.6 is 0 Å². The zero-order valence-corrected chi connectivity index (χ0v) is 17.9. The minimum atomic E-state index is -0.929. The molecule has 0 aliphatic carbocycles. The first-order valence-corrected chi connectivity index (χ1v) is 10.1. The Morgan fingerprint density at radius 3 is 2.23 bits per heavy atom. The average Bonchev–Trinajstić information content (AvgIpc) is 2.71. The molecule has 4 atom stereocenters. The summed E-state index contributed by atoms with van der Waals surface area (Å²) in [5, 5.41) is 0. The summed E-state index contributed by atoms with van der Waals surface area (Å²) < 4.78 is 26.8. The molecule has 0 aromatic heterocycles. The SMILES string of the molecule is CC(=O)OC[C@H]1O[C@H](CCC(=O)OCc2ccccc2)C[C@@H](OC(C)=O)[C@@H]1OC(C)=O. The van der Waals surface area contributed by atoms with Gasteiger partial charge >= 0.3 is 23.9 Å². The maximum Gasteiger partial charge on any atom is 0.306 e. The first kappa shape index (κ1) is 24.3. The summed E-state index contributed by atoms with van der Waals surface area (Å²) in [4.78, 5) is 46.4. The van der Waals surface area contributed by atoms with Gasteiger partial charge in [0.1, 0.15) is 25.4 Å². The molecule has 0 amide bonds. The highest BCUT2D eigenvalue weighted by atomic mass is 16.6. The number of ether oxygens (including phenoxy) is 5. The number of hydrogen-bond acceptors (Lipinski definition) is 9. The zero-order chi connectivity index (χ0) is 22.8. The van der Waals surface area contributed by atoms with E-state index in [1.165, 1.54) is 20.8 Å². The molecule has 1 heterocycles. The van der Waals surface area contributed by atoms with Gasteiger partial charge in [0.2, 0.25) is 0 Å². The van der Waals surface area contributed by atoms with Crippen LogP contribution in [0.4, 0.5) is 0 Å². The van der Waals surface area contributed by atoms with Crippen molar-refractivity contribution in [2.24, 2.45) is 0 Å². The van der Waals surface area contributed by atoms with Gasteiger partial charge in [-0.05, 0) is 12.0 Å². The molecule has 1 aromatic rings. The molecule has 2 rings (SSSR count). The summed E-state index contributed by atoms with van der Waals surface area (Å²) in [7, 11) is 0. The fraction of sp³-hybridized carbons (Fsp3) is 0.545. The second-order valence-corrected chi connectivity index (χ2v) is 7.24. The molecule has 0 saturated carbocycles. The van der Waals surface area contributed by atoms with Crippen LogP contribution in [0.5, 0.6) is 0 Å². The number of esters is 4. The maximum atomic E-state index is 12.1. The Morgan fingerprint density at radius 2 is 1.61 bits per heavy atom. The Morgan fingerprint density at radius 1 is 0.935 bits per heavy atom. The van der Waals surface area contributed by atoms with E-state index in [2.05, 4.69) is 0 Å². The van der Waals surface area contributed by atoms with Crippen LogP contribution < -0.4 is 0 Å². The molecule has 1 aliphatic rings. The molecule has 0 radical (unpaired) electrons. The topological polar surface area (TPSA) is 114 Å². The molecular formula is C22H28O9. The van der Waals surface area contributed by atoms with E-state index in [-0.39, 0.29) is 26.1 Å². The van der Waals surface area contributed by atoms with Gasteiger partial charge in [-0.25, -0.2) is 0 Å². The van der Waals surface area contributed by atoms with Gasteiger partial charge in [-0.1, -0.05) is 30.3 Å². The van der Waals surface area contributed by atoms with Gasteiger partial charge in [0.05, 0.1) is 6.10 Å². The summed E-state index contributed by atoms with van der Waals surface area (Å²) in [6, 6.07) is 9.31. The van der Waals surface area contributed by atoms with Crippen molar-refractivity contribution in [2.75, 3.05) is 6.61 Å². The van der Waals surface area contributed by atoms with E-state index in [0.29, 0.717) is 6.42 Å². The number of hydrogen-bond donors (Lipinski definition) is 0. The normalized spacial score (nSPS) is 22.8. The highest BCUT2D eigenvalue weighted by molar-refractivity contribution is 5.69. The molecule has 0 N–H and O–H groups in total. The van der Waals surface area contributed by atoms with Gasteiger partial charge < -0.3 is 23.7 Å². The Balaban J connectivity index is 1.98. The number of benzene rings is 1. The number of carbonyl (C=O) groups is 4. The molecule has 1 saturated heterocycles. The lowest BCUT2D eigenvalue weighted by molar-refractivity contribution is -0.215. The third-order valence-electron chi connectivity index (χ3n) is 4.58. The van der Waals surface area contributed by atoms with Gasteiger partial charge in [0.15, 0.2) is 6.10 Å². The molecule has 9 nitrogen and oxygen atoms in total. The van der Waals surface area contributed by atoms with Crippen molar-refractivity contribution in [1.29, 1.82) is 0 Å². The summed E-state index contributed by atoms with van der Waals surface area (Å²) in [5.41, 5.74) is 0.880. The van der Waals surface area contributed by atoms with Crippen LogP contribution in [0.3, 0.4) is 0 Å². The number of carbonyl (C=O) groups excluding carboxylic acids is 4. The summed E-state index contributed by atoms with van der Waals surface area (Å²) in [6.45, 7) is 3.71. The lowest BCUT2D eigenvalue weighted by Crippen LogP contribution is -2.53. The first-order chi connectivity index (χ1) is 14.7. The minimum Gasteiger partial charge on any atom is -0.463 e. The van der Waals surface area contributed by atoms with Crippen molar-refractivity contribution in [3.8, 4) is 0 Å². The van der Waals surface area contributed by atoms with Crippen molar-refractivity contribution in [3.05, 3.63) is 35.9 Å². The van der Waals surface area contributed by atoms with Crippen molar-refractivity contribution in [2.45, 2.75) is 71.1 Å². The highest BCUT2D eigenvalue weighted by Gasteiger charge is 2.43. The number of rotatable bonds is 9. The average molecular weight is 436 g/mol. The third kappa shape index (κ3) is 8.75. The van der Waals surface area contributed by atoms with E-state index < -0.39 is 48.3 Å². The zero-order valence-electron chi connectivity index (χ0n) is 17.9. The quantitative estimate of drug-likeness (QED) is 0.424. The third-order valence-corrected chi connectivity index (χ3v) is 4.58. The monoisotopic (exact) mass is 436 g/mol. The molecule has 1 fully saturated rings. The van der Waals surface area contributed by atoms with Crippen molar-refractivity contribution in [3.63, 3.8) is 0 Å². The second-order valence-electron chi connectivity index (χ2n) is 7.24. The van der Waals surface area contributed by atoms with Crippen LogP contribution in [0.25, 0.3) is 0 Å².